The van der Waals surface area contributed by atoms with E-state index in [1.165, 1.54) is 64.2 Å². The van der Waals surface area contributed by atoms with Gasteiger partial charge >= 0.3 is 0 Å². The molecule has 6 heteroatoms. The molecule has 2 aliphatic carbocycles. The van der Waals surface area contributed by atoms with Gasteiger partial charge in [0.1, 0.15) is 0 Å². The molecule has 0 unspecified atom stereocenters. The second-order valence-electron chi connectivity index (χ2n) is 10.0. The van der Waals surface area contributed by atoms with Crippen LogP contribution in [0.5, 0.6) is 0 Å². The third kappa shape index (κ3) is 6.18. The van der Waals surface area contributed by atoms with Crippen LogP contribution in [0.4, 0.5) is 0 Å². The highest BCUT2D eigenvalue weighted by Crippen LogP contribution is 2.34. The number of carbonyl (C=O) groups excluding carboxylic acids is 1. The van der Waals surface area contributed by atoms with Gasteiger partial charge in [0.15, 0.2) is 0 Å². The summed E-state index contributed by atoms with van der Waals surface area (Å²) in [6.07, 6.45) is 15.9. The third-order valence-electron chi connectivity index (χ3n) is 7.92. The number of nitrogens with zero attached hydrogens (tertiary/aromatic N) is 2. The van der Waals surface area contributed by atoms with Crippen molar-refractivity contribution in [1.29, 1.82) is 0 Å². The fourth-order valence-corrected chi connectivity index (χ4v) is 6.05. The topological polar surface area (TPSA) is 54.0 Å². The van der Waals surface area contributed by atoms with E-state index in [4.69, 9.17) is 9.47 Å². The number of amides is 1. The van der Waals surface area contributed by atoms with E-state index in [1.807, 2.05) is 0 Å². The first-order valence-electron chi connectivity index (χ1n) is 12.7. The molecule has 4 aliphatic rings. The number of ether oxygens (including phenoxy) is 2. The Hall–Kier alpha value is -0.690. The van der Waals surface area contributed by atoms with Crippen molar-refractivity contribution in [3.63, 3.8) is 0 Å². The van der Waals surface area contributed by atoms with Gasteiger partial charge in [0, 0.05) is 38.3 Å². The monoisotopic (exact) mass is 421 g/mol. The molecule has 2 saturated carbocycles. The summed E-state index contributed by atoms with van der Waals surface area (Å²) in [7, 11) is 0. The molecule has 0 atom stereocenters. The quantitative estimate of drug-likeness (QED) is 0.685. The van der Waals surface area contributed by atoms with Gasteiger partial charge in [-0.3, -0.25) is 14.6 Å². The number of morpholine rings is 1. The van der Waals surface area contributed by atoms with Crippen LogP contribution in [-0.2, 0) is 14.3 Å². The number of likely N-dealkylation sites (tertiary alicyclic amines) is 1. The minimum absolute atomic E-state index is 0.151. The molecular formula is C24H43N3O3. The van der Waals surface area contributed by atoms with Gasteiger partial charge in [0.2, 0.25) is 5.91 Å². The molecule has 1 N–H and O–H groups in total. The number of piperidine rings is 1. The van der Waals surface area contributed by atoms with Crippen LogP contribution in [0.1, 0.15) is 77.0 Å². The van der Waals surface area contributed by atoms with Gasteiger partial charge in [-0.1, -0.05) is 38.5 Å². The van der Waals surface area contributed by atoms with E-state index in [9.17, 15) is 4.79 Å². The molecular weight excluding hydrogens is 378 g/mol. The maximum Gasteiger partial charge on any atom is 0.234 e. The summed E-state index contributed by atoms with van der Waals surface area (Å²) in [6.45, 7) is 6.97. The fourth-order valence-electron chi connectivity index (χ4n) is 6.05. The molecule has 2 saturated heterocycles. The lowest BCUT2D eigenvalue weighted by Crippen LogP contribution is -2.60. The molecule has 0 spiro atoms. The van der Waals surface area contributed by atoms with Gasteiger partial charge < -0.3 is 14.8 Å². The summed E-state index contributed by atoms with van der Waals surface area (Å²) in [5.41, 5.74) is 0.151. The predicted molar refractivity (Wildman–Crippen MR) is 119 cm³/mol. The average Bonchev–Trinajstić information content (AvgIpc) is 2.81. The molecule has 172 valence electrons. The lowest BCUT2D eigenvalue weighted by atomic mass is 9.79. The molecule has 4 rings (SSSR count). The third-order valence-corrected chi connectivity index (χ3v) is 7.92. The normalized spacial score (nSPS) is 27.7. The summed E-state index contributed by atoms with van der Waals surface area (Å²) < 4.78 is 11.9. The molecule has 0 aromatic carbocycles. The minimum Gasteiger partial charge on any atom is -0.379 e. The van der Waals surface area contributed by atoms with Crippen molar-refractivity contribution in [2.45, 2.75) is 94.8 Å². The summed E-state index contributed by atoms with van der Waals surface area (Å²) in [4.78, 5) is 17.7. The summed E-state index contributed by atoms with van der Waals surface area (Å²) in [5.74, 6) is 0.194. The average molecular weight is 422 g/mol. The first-order valence-corrected chi connectivity index (χ1v) is 12.7. The van der Waals surface area contributed by atoms with Gasteiger partial charge in [0.05, 0.1) is 32.0 Å². The number of nitrogens with one attached hydrogen (secondary N) is 1. The maximum atomic E-state index is 12.8. The van der Waals surface area contributed by atoms with Crippen LogP contribution in [0.3, 0.4) is 0 Å². The first-order chi connectivity index (χ1) is 14.7. The summed E-state index contributed by atoms with van der Waals surface area (Å²) in [6, 6.07) is 0. The summed E-state index contributed by atoms with van der Waals surface area (Å²) in [5, 5.41) is 3.32. The van der Waals surface area contributed by atoms with E-state index in [0.717, 1.165) is 58.8 Å². The Morgan fingerprint density at radius 1 is 0.867 bits per heavy atom. The van der Waals surface area contributed by atoms with Crippen LogP contribution in [0.15, 0.2) is 0 Å². The lowest BCUT2D eigenvalue weighted by molar-refractivity contribution is -0.124. The minimum atomic E-state index is 0.151. The highest BCUT2D eigenvalue weighted by molar-refractivity contribution is 5.78. The molecule has 2 aliphatic heterocycles. The zero-order chi connectivity index (χ0) is 20.7. The fraction of sp³-hybridized carbons (Fsp3) is 0.958. The Bertz CT molecular complexity index is 518. The second kappa shape index (κ2) is 11.3. The zero-order valence-electron chi connectivity index (χ0n) is 18.9. The van der Waals surface area contributed by atoms with E-state index in [1.54, 1.807) is 0 Å². The number of hydrogen-bond acceptors (Lipinski definition) is 5. The first kappa shape index (κ1) is 22.5. The largest absolute Gasteiger partial charge is 0.379 e. The van der Waals surface area contributed by atoms with E-state index in [-0.39, 0.29) is 11.4 Å². The molecule has 0 aromatic rings. The molecule has 6 nitrogen and oxygen atoms in total. The standard InChI is InChI=1S/C24H43N3O3/c28-23(19-26-13-9-22(10-14-26)30-21-7-3-1-4-8-21)25-20-24(11-5-2-6-12-24)27-15-17-29-18-16-27/h21-22H,1-20H2,(H,25,28). The van der Waals surface area contributed by atoms with Crippen molar-refractivity contribution in [3.05, 3.63) is 0 Å². The van der Waals surface area contributed by atoms with Gasteiger partial charge in [-0.25, -0.2) is 0 Å². The van der Waals surface area contributed by atoms with Crippen molar-refractivity contribution >= 4 is 5.91 Å². The second-order valence-corrected chi connectivity index (χ2v) is 10.0. The van der Waals surface area contributed by atoms with Crippen molar-refractivity contribution in [2.75, 3.05) is 52.5 Å². The number of rotatable bonds is 7. The zero-order valence-corrected chi connectivity index (χ0v) is 18.9. The SMILES string of the molecule is O=C(CN1CCC(OC2CCCCC2)CC1)NCC1(N2CCOCC2)CCCCC1. The Morgan fingerprint density at radius 2 is 1.50 bits per heavy atom. The van der Waals surface area contributed by atoms with E-state index < -0.39 is 0 Å². The van der Waals surface area contributed by atoms with Crippen LogP contribution in [0.2, 0.25) is 0 Å². The molecule has 1 amide bonds. The van der Waals surface area contributed by atoms with E-state index >= 15 is 0 Å². The molecule has 30 heavy (non-hydrogen) atoms. The van der Waals surface area contributed by atoms with Crippen molar-refractivity contribution < 1.29 is 14.3 Å². The Kier molecular flexibility index (Phi) is 8.44. The van der Waals surface area contributed by atoms with Crippen molar-refractivity contribution in [2.24, 2.45) is 0 Å². The maximum absolute atomic E-state index is 12.8. The van der Waals surface area contributed by atoms with Gasteiger partial charge in [0.25, 0.3) is 0 Å². The van der Waals surface area contributed by atoms with E-state index in [0.29, 0.717) is 18.8 Å². The molecule has 4 fully saturated rings. The van der Waals surface area contributed by atoms with Crippen LogP contribution >= 0.6 is 0 Å². The highest BCUT2D eigenvalue weighted by Gasteiger charge is 2.39. The summed E-state index contributed by atoms with van der Waals surface area (Å²) >= 11 is 0. The molecule has 2 heterocycles. The molecule has 0 radical (unpaired) electrons. The molecule has 0 aromatic heterocycles. The van der Waals surface area contributed by atoms with E-state index in [2.05, 4.69) is 15.1 Å². The predicted octanol–water partition coefficient (Wildman–Crippen LogP) is 2.95. The van der Waals surface area contributed by atoms with Crippen LogP contribution in [0.25, 0.3) is 0 Å². The van der Waals surface area contributed by atoms with Crippen molar-refractivity contribution in [1.82, 2.24) is 15.1 Å². The Balaban J connectivity index is 1.18. The number of hydrogen-bond donors (Lipinski definition) is 1. The molecule has 0 bridgehead atoms. The number of carbonyl (C=O) groups is 1. The van der Waals surface area contributed by atoms with Gasteiger partial charge in [-0.15, -0.1) is 0 Å². The van der Waals surface area contributed by atoms with Crippen LogP contribution in [0, 0.1) is 0 Å². The van der Waals surface area contributed by atoms with Gasteiger partial charge in [-0.05, 0) is 38.5 Å². The van der Waals surface area contributed by atoms with Gasteiger partial charge in [-0.2, -0.15) is 0 Å². The highest BCUT2D eigenvalue weighted by atomic mass is 16.5. The van der Waals surface area contributed by atoms with Crippen molar-refractivity contribution in [3.8, 4) is 0 Å². The lowest BCUT2D eigenvalue weighted by Gasteiger charge is -2.48. The Labute approximate surface area is 183 Å². The van der Waals surface area contributed by atoms with Crippen LogP contribution < -0.4 is 5.32 Å². The Morgan fingerprint density at radius 3 is 2.20 bits per heavy atom. The smallest absolute Gasteiger partial charge is 0.234 e. The van der Waals surface area contributed by atoms with Crippen LogP contribution in [-0.4, -0.2) is 85.9 Å².